The minimum atomic E-state index is -0.440. The Bertz CT molecular complexity index is 480. The van der Waals surface area contributed by atoms with Crippen LogP contribution in [0.3, 0.4) is 0 Å². The molecule has 1 aliphatic carbocycles. The van der Waals surface area contributed by atoms with Crippen LogP contribution in [0, 0.1) is 11.8 Å². The number of ether oxygens (including phenoxy) is 1. The van der Waals surface area contributed by atoms with Gasteiger partial charge in [0, 0.05) is 5.92 Å². The van der Waals surface area contributed by atoms with E-state index in [-0.39, 0.29) is 17.8 Å². The number of esters is 1. The number of aliphatic hydroxyl groups is 1. The summed E-state index contributed by atoms with van der Waals surface area (Å²) in [6, 6.07) is 10.1. The molecule has 1 N–H and O–H groups in total. The second kappa shape index (κ2) is 7.41. The van der Waals surface area contributed by atoms with Gasteiger partial charge in [0.1, 0.15) is 0 Å². The van der Waals surface area contributed by atoms with E-state index in [1.54, 1.807) is 0 Å². The van der Waals surface area contributed by atoms with Crippen molar-refractivity contribution in [3.05, 3.63) is 48.0 Å². The van der Waals surface area contributed by atoms with Gasteiger partial charge in [0.15, 0.2) is 0 Å². The average Bonchev–Trinajstić information content (AvgIpc) is 2.53. The van der Waals surface area contributed by atoms with Crippen LogP contribution in [0.5, 0.6) is 0 Å². The maximum atomic E-state index is 11.7. The van der Waals surface area contributed by atoms with Gasteiger partial charge in [-0.1, -0.05) is 42.5 Å². The normalized spacial score (nSPS) is 23.6. The third-order valence-corrected chi connectivity index (χ3v) is 4.45. The zero-order chi connectivity index (χ0) is 15.2. The highest BCUT2D eigenvalue weighted by molar-refractivity contribution is 5.72. The zero-order valence-electron chi connectivity index (χ0n) is 12.6. The molecule has 3 atom stereocenters. The van der Waals surface area contributed by atoms with E-state index in [1.165, 1.54) is 12.7 Å². The van der Waals surface area contributed by atoms with Crippen LogP contribution in [0.15, 0.2) is 42.5 Å². The summed E-state index contributed by atoms with van der Waals surface area (Å²) in [5.41, 5.74) is 2.29. The minimum absolute atomic E-state index is 0.00608. The molecule has 2 rings (SSSR count). The van der Waals surface area contributed by atoms with Crippen LogP contribution in [-0.4, -0.2) is 24.3 Å². The molecule has 114 valence electrons. The molecule has 0 bridgehead atoms. The maximum Gasteiger partial charge on any atom is 0.308 e. The van der Waals surface area contributed by atoms with E-state index in [0.717, 1.165) is 24.8 Å². The number of aliphatic hydroxyl groups excluding tert-OH is 1. The molecule has 1 aliphatic rings. The predicted octanol–water partition coefficient (Wildman–Crippen LogP) is 3.13. The van der Waals surface area contributed by atoms with Crippen LogP contribution in [0.1, 0.15) is 31.2 Å². The van der Waals surface area contributed by atoms with Crippen LogP contribution in [-0.2, 0) is 16.0 Å². The molecule has 1 fully saturated rings. The molecule has 1 aromatic carbocycles. The lowest BCUT2D eigenvalue weighted by Gasteiger charge is -2.33. The van der Waals surface area contributed by atoms with E-state index in [2.05, 4.69) is 18.7 Å². The monoisotopic (exact) mass is 288 g/mol. The molecule has 3 nitrogen and oxygen atoms in total. The summed E-state index contributed by atoms with van der Waals surface area (Å²) in [5, 5.41) is 10.5. The first-order valence-electron chi connectivity index (χ1n) is 7.59. The third kappa shape index (κ3) is 4.18. The Kier molecular flexibility index (Phi) is 5.57. The summed E-state index contributed by atoms with van der Waals surface area (Å²) in [4.78, 5) is 11.7. The number of hydrogen-bond donors (Lipinski definition) is 1. The van der Waals surface area contributed by atoms with Gasteiger partial charge >= 0.3 is 5.97 Å². The van der Waals surface area contributed by atoms with Crippen LogP contribution < -0.4 is 0 Å². The predicted molar refractivity (Wildman–Crippen MR) is 82.8 cm³/mol. The Labute approximate surface area is 126 Å². The Morgan fingerprint density at radius 1 is 1.43 bits per heavy atom. The molecule has 21 heavy (non-hydrogen) atoms. The van der Waals surface area contributed by atoms with Crippen molar-refractivity contribution in [3.63, 3.8) is 0 Å². The first-order valence-corrected chi connectivity index (χ1v) is 7.59. The van der Waals surface area contributed by atoms with Gasteiger partial charge < -0.3 is 9.84 Å². The van der Waals surface area contributed by atoms with Crippen molar-refractivity contribution in [1.82, 2.24) is 0 Å². The molecule has 0 heterocycles. The molecular formula is C18H24O3. The quantitative estimate of drug-likeness (QED) is 0.669. The first kappa shape index (κ1) is 15.8. The van der Waals surface area contributed by atoms with Crippen molar-refractivity contribution < 1.29 is 14.6 Å². The molecule has 3 heteroatoms. The topological polar surface area (TPSA) is 46.5 Å². The van der Waals surface area contributed by atoms with Crippen molar-refractivity contribution >= 4 is 5.97 Å². The fraction of sp³-hybridized carbons (Fsp3) is 0.500. The third-order valence-electron chi connectivity index (χ3n) is 4.45. The fourth-order valence-corrected chi connectivity index (χ4v) is 3.11. The van der Waals surface area contributed by atoms with E-state index in [4.69, 9.17) is 4.74 Å². The lowest BCUT2D eigenvalue weighted by atomic mass is 9.75. The number of benzene rings is 1. The van der Waals surface area contributed by atoms with Crippen molar-refractivity contribution in [2.45, 2.75) is 38.2 Å². The van der Waals surface area contributed by atoms with E-state index in [0.29, 0.717) is 12.8 Å². The van der Waals surface area contributed by atoms with Gasteiger partial charge in [0.25, 0.3) is 0 Å². The summed E-state index contributed by atoms with van der Waals surface area (Å²) >= 11 is 0. The molecule has 0 unspecified atom stereocenters. The van der Waals surface area contributed by atoms with Gasteiger partial charge in [-0.05, 0) is 37.7 Å². The standard InChI is InChI=1S/C18H24O3/c1-13-8-10-15(18(20)21-2)12-16(13)17(19)11-9-14-6-4-3-5-7-14/h3-7,15-17,19H,1,8-12H2,2H3/t15-,16-,17-/m1/s1. The summed E-state index contributed by atoms with van der Waals surface area (Å²) in [6.45, 7) is 4.08. The number of aryl methyl sites for hydroxylation is 1. The van der Waals surface area contributed by atoms with E-state index in [1.807, 2.05) is 18.2 Å². The van der Waals surface area contributed by atoms with Gasteiger partial charge in [0.05, 0.1) is 19.1 Å². The van der Waals surface area contributed by atoms with E-state index >= 15 is 0 Å². The van der Waals surface area contributed by atoms with Crippen molar-refractivity contribution in [1.29, 1.82) is 0 Å². The van der Waals surface area contributed by atoms with Crippen molar-refractivity contribution in [2.24, 2.45) is 11.8 Å². The number of hydrogen-bond acceptors (Lipinski definition) is 3. The largest absolute Gasteiger partial charge is 0.469 e. The van der Waals surface area contributed by atoms with Gasteiger partial charge in [-0.25, -0.2) is 0 Å². The maximum absolute atomic E-state index is 11.7. The summed E-state index contributed by atoms with van der Waals surface area (Å²) in [6.07, 6.45) is 3.34. The van der Waals surface area contributed by atoms with Gasteiger partial charge in [-0.2, -0.15) is 0 Å². The van der Waals surface area contributed by atoms with Crippen LogP contribution in [0.2, 0.25) is 0 Å². The zero-order valence-corrected chi connectivity index (χ0v) is 12.6. The minimum Gasteiger partial charge on any atom is -0.469 e. The van der Waals surface area contributed by atoms with Gasteiger partial charge in [-0.15, -0.1) is 0 Å². The molecule has 0 aromatic heterocycles. The van der Waals surface area contributed by atoms with Crippen molar-refractivity contribution in [2.75, 3.05) is 7.11 Å². The Balaban J connectivity index is 1.91. The number of carbonyl (C=O) groups excluding carboxylic acids is 1. The summed E-state index contributed by atoms with van der Waals surface area (Å²) in [5.74, 6) is -0.258. The lowest BCUT2D eigenvalue weighted by molar-refractivity contribution is -0.147. The SMILES string of the molecule is C=C1CC[C@@H](C(=O)OC)C[C@H]1[C@H](O)CCc1ccccc1. The smallest absolute Gasteiger partial charge is 0.308 e. The highest BCUT2D eigenvalue weighted by Gasteiger charge is 2.33. The van der Waals surface area contributed by atoms with Gasteiger partial charge in [0.2, 0.25) is 0 Å². The summed E-state index contributed by atoms with van der Waals surface area (Å²) < 4.78 is 4.83. The second-order valence-corrected chi connectivity index (χ2v) is 5.85. The van der Waals surface area contributed by atoms with Crippen molar-refractivity contribution in [3.8, 4) is 0 Å². The Morgan fingerprint density at radius 2 is 2.14 bits per heavy atom. The number of carbonyl (C=O) groups is 1. The Morgan fingerprint density at radius 3 is 2.81 bits per heavy atom. The molecular weight excluding hydrogens is 264 g/mol. The second-order valence-electron chi connectivity index (χ2n) is 5.85. The lowest BCUT2D eigenvalue weighted by Crippen LogP contribution is -2.32. The first-order chi connectivity index (χ1) is 10.1. The molecule has 0 radical (unpaired) electrons. The van der Waals surface area contributed by atoms with Crippen LogP contribution >= 0.6 is 0 Å². The van der Waals surface area contributed by atoms with E-state index in [9.17, 15) is 9.90 Å². The van der Waals surface area contributed by atoms with Gasteiger partial charge in [-0.3, -0.25) is 4.79 Å². The van der Waals surface area contributed by atoms with Crippen LogP contribution in [0.4, 0.5) is 0 Å². The van der Waals surface area contributed by atoms with E-state index < -0.39 is 6.10 Å². The fourth-order valence-electron chi connectivity index (χ4n) is 3.11. The summed E-state index contributed by atoms with van der Waals surface area (Å²) in [7, 11) is 1.42. The molecule has 0 spiro atoms. The highest BCUT2D eigenvalue weighted by Crippen LogP contribution is 2.36. The highest BCUT2D eigenvalue weighted by atomic mass is 16.5. The average molecular weight is 288 g/mol. The number of rotatable bonds is 5. The molecule has 1 saturated carbocycles. The molecule has 0 amide bonds. The molecule has 0 aliphatic heterocycles. The molecule has 0 saturated heterocycles. The van der Waals surface area contributed by atoms with Crippen LogP contribution in [0.25, 0.3) is 0 Å². The molecule has 1 aromatic rings. The number of methoxy groups -OCH3 is 1. The Hall–Kier alpha value is -1.61.